The number of halogens is 2. The fourth-order valence-corrected chi connectivity index (χ4v) is 5.98. The molecule has 1 saturated heterocycles. The predicted molar refractivity (Wildman–Crippen MR) is 104 cm³/mol. The van der Waals surface area contributed by atoms with Crippen molar-refractivity contribution < 1.29 is 14.4 Å². The number of anilines is 1. The fraction of sp³-hybridized carbons (Fsp3) is 0.450. The summed E-state index contributed by atoms with van der Waals surface area (Å²) < 4.78 is 0.822. The van der Waals surface area contributed by atoms with Gasteiger partial charge in [-0.05, 0) is 48.3 Å². The number of benzene rings is 1. The molecule has 140 valence electrons. The summed E-state index contributed by atoms with van der Waals surface area (Å²) in [5.74, 6) is 0.720. The van der Waals surface area contributed by atoms with Gasteiger partial charge in [0, 0.05) is 17.4 Å². The lowest BCUT2D eigenvalue weighted by atomic mass is 9.63. The Morgan fingerprint density at radius 2 is 1.78 bits per heavy atom. The molecule has 4 aliphatic carbocycles. The van der Waals surface area contributed by atoms with E-state index < -0.39 is 0 Å². The zero-order valence-electron chi connectivity index (χ0n) is 14.4. The van der Waals surface area contributed by atoms with E-state index in [0.717, 1.165) is 10.9 Å². The Labute approximate surface area is 170 Å². The topological polar surface area (TPSA) is 66.5 Å². The molecule has 1 aliphatic heterocycles. The highest BCUT2D eigenvalue weighted by Crippen LogP contribution is 2.65. The summed E-state index contributed by atoms with van der Waals surface area (Å²) in [6.45, 7) is 0.124. The molecule has 3 amide bonds. The van der Waals surface area contributed by atoms with Gasteiger partial charge in [-0.15, -0.1) is 0 Å². The van der Waals surface area contributed by atoms with E-state index in [4.69, 9.17) is 11.6 Å². The van der Waals surface area contributed by atoms with Crippen LogP contribution in [0.4, 0.5) is 5.69 Å². The number of likely N-dealkylation sites (tertiary alicyclic amines) is 1. The Balaban J connectivity index is 1.25. The highest BCUT2D eigenvalue weighted by atomic mass is 79.9. The molecule has 1 N–H and O–H groups in total. The first kappa shape index (κ1) is 17.4. The van der Waals surface area contributed by atoms with Crippen LogP contribution < -0.4 is 5.32 Å². The molecule has 7 heteroatoms. The Morgan fingerprint density at radius 3 is 2.37 bits per heavy atom. The summed E-state index contributed by atoms with van der Waals surface area (Å²) in [4.78, 5) is 39.4. The minimum absolute atomic E-state index is 0.0684. The number of allylic oxidation sites excluding steroid dienone is 2. The van der Waals surface area contributed by atoms with Crippen molar-refractivity contribution in [2.75, 3.05) is 11.9 Å². The van der Waals surface area contributed by atoms with Crippen LogP contribution in [0.5, 0.6) is 0 Å². The third kappa shape index (κ3) is 2.68. The molecule has 0 spiro atoms. The van der Waals surface area contributed by atoms with Crippen molar-refractivity contribution in [1.82, 2.24) is 4.90 Å². The lowest BCUT2D eigenvalue weighted by Gasteiger charge is -2.37. The molecule has 2 saturated carbocycles. The Kier molecular flexibility index (Phi) is 3.99. The van der Waals surface area contributed by atoms with Crippen molar-refractivity contribution in [2.24, 2.45) is 35.5 Å². The quantitative estimate of drug-likeness (QED) is 0.565. The van der Waals surface area contributed by atoms with Gasteiger partial charge in [0.15, 0.2) is 0 Å². The van der Waals surface area contributed by atoms with Gasteiger partial charge in [-0.3, -0.25) is 19.3 Å². The van der Waals surface area contributed by atoms with Crippen molar-refractivity contribution in [1.29, 1.82) is 0 Å². The van der Waals surface area contributed by atoms with E-state index >= 15 is 0 Å². The van der Waals surface area contributed by atoms with Gasteiger partial charge < -0.3 is 5.32 Å². The van der Waals surface area contributed by atoms with Gasteiger partial charge in [0.05, 0.1) is 22.5 Å². The number of hydrogen-bond donors (Lipinski definition) is 1. The molecule has 1 aromatic carbocycles. The summed E-state index contributed by atoms with van der Waals surface area (Å²) in [6.07, 6.45) is 5.51. The van der Waals surface area contributed by atoms with Crippen molar-refractivity contribution >= 4 is 50.9 Å². The molecule has 6 rings (SSSR count). The van der Waals surface area contributed by atoms with Crippen LogP contribution >= 0.6 is 27.5 Å². The first-order chi connectivity index (χ1) is 13.0. The minimum Gasteiger partial charge on any atom is -0.325 e. The van der Waals surface area contributed by atoms with E-state index in [1.807, 2.05) is 0 Å². The number of nitrogens with one attached hydrogen (secondary N) is 1. The monoisotopic (exact) mass is 448 g/mol. The van der Waals surface area contributed by atoms with Crippen LogP contribution in [-0.4, -0.2) is 29.2 Å². The van der Waals surface area contributed by atoms with E-state index in [1.165, 1.54) is 4.90 Å². The first-order valence-electron chi connectivity index (χ1n) is 9.24. The van der Waals surface area contributed by atoms with Gasteiger partial charge in [0.25, 0.3) is 0 Å². The molecule has 0 radical (unpaired) electrons. The van der Waals surface area contributed by atoms with Gasteiger partial charge in [-0.25, -0.2) is 0 Å². The Bertz CT molecular complexity index is 865. The molecular weight excluding hydrogens is 432 g/mol. The summed E-state index contributed by atoms with van der Waals surface area (Å²) in [6, 6.07) is 5.19. The standard InChI is InChI=1S/C20H18BrClN2O3/c21-9-1-4-15(14(22)7-9)23-16(25)5-6-24-19(26)17-10-2-3-11(13-8-12(10)13)18(17)20(24)27/h1-4,7,10-13,17-18H,5-6,8H2,(H,23,25)/t10-,11-,12-,13-,17+,18+/m1/s1. The lowest BCUT2D eigenvalue weighted by Crippen LogP contribution is -2.40. The van der Waals surface area contributed by atoms with Crippen molar-refractivity contribution in [3.05, 3.63) is 39.8 Å². The number of amides is 3. The Morgan fingerprint density at radius 1 is 1.15 bits per heavy atom. The van der Waals surface area contributed by atoms with Crippen LogP contribution in [0, 0.1) is 35.5 Å². The van der Waals surface area contributed by atoms with E-state index in [1.54, 1.807) is 18.2 Å². The number of carbonyl (C=O) groups is 3. The molecule has 5 aliphatic rings. The van der Waals surface area contributed by atoms with Gasteiger partial charge >= 0.3 is 0 Å². The molecule has 0 unspecified atom stereocenters. The maximum Gasteiger partial charge on any atom is 0.233 e. The normalized spacial score (nSPS) is 35.3. The summed E-state index contributed by atoms with van der Waals surface area (Å²) in [5.41, 5.74) is 0.514. The van der Waals surface area contributed by atoms with Crippen LogP contribution in [-0.2, 0) is 14.4 Å². The second-order valence-electron chi connectivity index (χ2n) is 7.91. The highest BCUT2D eigenvalue weighted by Gasteiger charge is 2.66. The van der Waals surface area contributed by atoms with Gasteiger partial charge in [0.1, 0.15) is 0 Å². The maximum atomic E-state index is 12.9. The number of rotatable bonds is 4. The van der Waals surface area contributed by atoms with Crippen molar-refractivity contribution in [2.45, 2.75) is 12.8 Å². The van der Waals surface area contributed by atoms with Crippen LogP contribution in [0.3, 0.4) is 0 Å². The van der Waals surface area contributed by atoms with E-state index in [-0.39, 0.29) is 54.4 Å². The molecule has 2 bridgehead atoms. The second-order valence-corrected chi connectivity index (χ2v) is 9.23. The van der Waals surface area contributed by atoms with E-state index in [9.17, 15) is 14.4 Å². The average Bonchev–Trinajstić information content (AvgIpc) is 3.41. The van der Waals surface area contributed by atoms with E-state index in [2.05, 4.69) is 33.4 Å². The molecule has 1 aromatic rings. The largest absolute Gasteiger partial charge is 0.325 e. The fourth-order valence-electron chi connectivity index (χ4n) is 5.26. The number of carbonyl (C=O) groups excluding carboxylic acids is 3. The van der Waals surface area contributed by atoms with Crippen molar-refractivity contribution in [3.63, 3.8) is 0 Å². The molecule has 3 fully saturated rings. The smallest absolute Gasteiger partial charge is 0.233 e. The van der Waals surface area contributed by atoms with E-state index in [0.29, 0.717) is 22.5 Å². The van der Waals surface area contributed by atoms with Crippen LogP contribution in [0.2, 0.25) is 5.02 Å². The summed E-state index contributed by atoms with van der Waals surface area (Å²) in [7, 11) is 0. The first-order valence-corrected chi connectivity index (χ1v) is 10.4. The summed E-state index contributed by atoms with van der Waals surface area (Å²) >= 11 is 9.44. The molecule has 6 atom stereocenters. The zero-order chi connectivity index (χ0) is 18.9. The summed E-state index contributed by atoms with van der Waals surface area (Å²) in [5, 5.41) is 3.17. The van der Waals surface area contributed by atoms with Crippen LogP contribution in [0.1, 0.15) is 12.8 Å². The van der Waals surface area contributed by atoms with Gasteiger partial charge in [-0.1, -0.05) is 39.7 Å². The maximum absolute atomic E-state index is 12.9. The zero-order valence-corrected chi connectivity index (χ0v) is 16.7. The molecule has 27 heavy (non-hydrogen) atoms. The van der Waals surface area contributed by atoms with Crippen molar-refractivity contribution in [3.8, 4) is 0 Å². The van der Waals surface area contributed by atoms with Gasteiger partial charge in [-0.2, -0.15) is 0 Å². The SMILES string of the molecule is O=C(CCN1C(=O)[C@H]2[C@@H]3C=C[C@H]([C@H]4C[C@H]34)[C@@H]2C1=O)Nc1ccc(Br)cc1Cl. The van der Waals surface area contributed by atoms with Crippen LogP contribution in [0.15, 0.2) is 34.8 Å². The minimum atomic E-state index is -0.265. The molecule has 5 nitrogen and oxygen atoms in total. The van der Waals surface area contributed by atoms with Crippen LogP contribution in [0.25, 0.3) is 0 Å². The number of imide groups is 1. The third-order valence-corrected chi connectivity index (χ3v) is 7.33. The number of nitrogens with zero attached hydrogens (tertiary/aromatic N) is 1. The molecule has 1 heterocycles. The molecule has 0 aromatic heterocycles. The lowest BCUT2D eigenvalue weighted by molar-refractivity contribution is -0.140. The second kappa shape index (κ2) is 6.17. The molecular formula is C20H18BrClN2O3. The Hall–Kier alpha value is -1.66. The van der Waals surface area contributed by atoms with Gasteiger partial charge in [0.2, 0.25) is 17.7 Å². The average molecular weight is 450 g/mol. The number of hydrogen-bond acceptors (Lipinski definition) is 3. The predicted octanol–water partition coefficient (Wildman–Crippen LogP) is 3.48. The third-order valence-electron chi connectivity index (χ3n) is 6.52. The highest BCUT2D eigenvalue weighted by molar-refractivity contribution is 9.10.